The average Bonchev–Trinajstić information content (AvgIpc) is 1.89. The van der Waals surface area contributed by atoms with Gasteiger partial charge in [0, 0.05) is 27.4 Å². The van der Waals surface area contributed by atoms with E-state index in [1.807, 2.05) is 0 Å². The summed E-state index contributed by atoms with van der Waals surface area (Å²) in [5.41, 5.74) is 2.33. The van der Waals surface area contributed by atoms with Gasteiger partial charge in [-0.25, -0.2) is 5.26 Å². The molecule has 0 radical (unpaired) electrons. The number of hydrogen-bond acceptors (Lipinski definition) is 2. The molecule has 0 N–H and O–H groups in total. The second-order valence-electron chi connectivity index (χ2n) is 3.09. The van der Waals surface area contributed by atoms with Gasteiger partial charge in [0.1, 0.15) is 0 Å². The van der Waals surface area contributed by atoms with Crippen LogP contribution < -0.4 is 0 Å². The summed E-state index contributed by atoms with van der Waals surface area (Å²) in [7, 11) is 0.481. The average molecular weight is 171 g/mol. The lowest BCUT2D eigenvalue weighted by molar-refractivity contribution is 0.0367. The van der Waals surface area contributed by atoms with Crippen LogP contribution >= 0.6 is 0 Å². The molecule has 10 heavy (non-hydrogen) atoms. The normalized spacial score (nSPS) is 34.7. The highest BCUT2D eigenvalue weighted by Gasteiger charge is 2.27. The molecule has 0 aliphatic carbocycles. The fourth-order valence-electron chi connectivity index (χ4n) is 1.30. The summed E-state index contributed by atoms with van der Waals surface area (Å²) < 4.78 is 5.61. The van der Waals surface area contributed by atoms with E-state index < -0.39 is 9.52 Å². The van der Waals surface area contributed by atoms with Crippen molar-refractivity contribution in [2.75, 3.05) is 6.61 Å². The third kappa shape index (κ3) is 1.94. The topological polar surface area (TPSA) is 33.0 Å². The molecule has 4 heteroatoms. The molecule has 1 heterocycles. The Morgan fingerprint density at radius 3 is 2.90 bits per heavy atom. The highest BCUT2D eigenvalue weighted by molar-refractivity contribution is 6.59. The van der Waals surface area contributed by atoms with Crippen molar-refractivity contribution in [3.05, 3.63) is 0 Å². The van der Waals surface area contributed by atoms with Crippen molar-refractivity contribution < 1.29 is 4.74 Å². The van der Waals surface area contributed by atoms with E-state index in [9.17, 15) is 0 Å². The van der Waals surface area contributed by atoms with Crippen molar-refractivity contribution in [3.8, 4) is 5.69 Å². The van der Waals surface area contributed by atoms with E-state index in [4.69, 9.17) is 10.00 Å². The molecule has 1 fully saturated rings. The van der Waals surface area contributed by atoms with Gasteiger partial charge in [-0.3, -0.25) is 0 Å². The van der Waals surface area contributed by atoms with Crippen molar-refractivity contribution in [1.29, 1.82) is 5.26 Å². The van der Waals surface area contributed by atoms with Gasteiger partial charge in [0.15, 0.2) is 9.52 Å². The van der Waals surface area contributed by atoms with E-state index >= 15 is 0 Å². The van der Waals surface area contributed by atoms with Gasteiger partial charge in [0.25, 0.3) is 0 Å². The van der Waals surface area contributed by atoms with E-state index in [1.165, 1.54) is 19.3 Å². The van der Waals surface area contributed by atoms with Crippen LogP contribution in [0.25, 0.3) is 0 Å². The van der Waals surface area contributed by atoms with Gasteiger partial charge in [0.05, 0.1) is 0 Å². The Labute approximate surface area is 66.8 Å². The van der Waals surface area contributed by atoms with E-state index in [2.05, 4.69) is 5.69 Å². The van der Waals surface area contributed by atoms with Gasteiger partial charge in [0.2, 0.25) is 0 Å². The maximum atomic E-state index is 8.54. The molecule has 0 aromatic carbocycles. The zero-order valence-corrected chi connectivity index (χ0v) is 9.81. The van der Waals surface area contributed by atoms with Crippen molar-refractivity contribution in [3.63, 3.8) is 0 Å². The monoisotopic (exact) mass is 171 g/mol. The van der Waals surface area contributed by atoms with Crippen molar-refractivity contribution in [2.24, 2.45) is 0 Å². The minimum atomic E-state index is -0.575. The van der Waals surface area contributed by atoms with Crippen LogP contribution in [0.3, 0.4) is 0 Å². The Kier molecular flexibility index (Phi) is 2.66. The number of ether oxygens (including phenoxy) is 1. The van der Waals surface area contributed by atoms with Gasteiger partial charge < -0.3 is 4.74 Å². The molecule has 1 rings (SSSR count). The molecule has 0 saturated carbocycles. The van der Waals surface area contributed by atoms with E-state index in [1.54, 1.807) is 0 Å². The summed E-state index contributed by atoms with van der Waals surface area (Å²) >= 11 is 0. The molecular formula is C6H13NOSi2. The van der Waals surface area contributed by atoms with Crippen molar-refractivity contribution in [2.45, 2.75) is 24.1 Å². The zero-order chi connectivity index (χ0) is 7.45. The number of nitrogens with zero attached hydrogens (tertiary/aromatic N) is 1. The molecule has 0 bridgehead atoms. The molecule has 1 aliphatic rings. The van der Waals surface area contributed by atoms with Gasteiger partial charge in [-0.2, -0.15) is 0 Å². The van der Waals surface area contributed by atoms with Crippen LogP contribution in [-0.4, -0.2) is 31.2 Å². The maximum absolute atomic E-state index is 8.54. The fraction of sp³-hybridized carbons (Fsp3) is 0.833. The second-order valence-corrected chi connectivity index (χ2v) is 8.49. The highest BCUT2D eigenvalue weighted by atomic mass is 28.2. The lowest BCUT2D eigenvalue weighted by Crippen LogP contribution is -2.42. The third-order valence-electron chi connectivity index (χ3n) is 2.00. The predicted octanol–water partition coefficient (Wildman–Crippen LogP) is -1.14. The minimum Gasteiger partial charge on any atom is -0.382 e. The Hall–Kier alpha value is -0.116. The van der Waals surface area contributed by atoms with Crippen LogP contribution in [0.4, 0.5) is 0 Å². The smallest absolute Gasteiger partial charge is 0.172 e. The van der Waals surface area contributed by atoms with E-state index in [-0.39, 0.29) is 4.85 Å². The zero-order valence-electron chi connectivity index (χ0n) is 6.39. The van der Waals surface area contributed by atoms with E-state index in [0.29, 0.717) is 0 Å². The summed E-state index contributed by atoms with van der Waals surface area (Å²) in [6, 6.07) is 0. The summed E-state index contributed by atoms with van der Waals surface area (Å²) in [6.07, 6.45) is 3.64. The molecule has 0 amide bonds. The van der Waals surface area contributed by atoms with Crippen LogP contribution in [0.15, 0.2) is 0 Å². The van der Waals surface area contributed by atoms with Crippen LogP contribution in [0.1, 0.15) is 19.3 Å². The lowest BCUT2D eigenvalue weighted by Gasteiger charge is -2.31. The largest absolute Gasteiger partial charge is 0.382 e. The first-order valence-corrected chi connectivity index (χ1v) is 6.19. The van der Waals surface area contributed by atoms with Gasteiger partial charge in [-0.05, 0) is 19.3 Å². The fourth-order valence-corrected chi connectivity index (χ4v) is 3.34. The molecule has 56 valence electrons. The quantitative estimate of drug-likeness (QED) is 0.467. The standard InChI is InChI=1S/C6H13NOSi2/c7-5-10-6(9)3-1-2-4-8-6/h1-4,10H2,9H3. The SMILES string of the molecule is N#C[SiH2]C1([SiH3])CCCCO1. The Morgan fingerprint density at radius 1 is 1.60 bits per heavy atom. The molecule has 2 nitrogen and oxygen atoms in total. The molecule has 1 aliphatic heterocycles. The summed E-state index contributed by atoms with van der Waals surface area (Å²) in [4.78, 5) is 0.146. The maximum Gasteiger partial charge on any atom is 0.172 e. The van der Waals surface area contributed by atoms with Gasteiger partial charge >= 0.3 is 0 Å². The minimum absolute atomic E-state index is 0.146. The molecule has 1 saturated heterocycles. The molecule has 0 aromatic heterocycles. The number of nitriles is 1. The summed E-state index contributed by atoms with van der Waals surface area (Å²) in [6.45, 7) is 0.901. The molecule has 1 atom stereocenters. The van der Waals surface area contributed by atoms with Crippen molar-refractivity contribution in [1.82, 2.24) is 0 Å². The highest BCUT2D eigenvalue weighted by Crippen LogP contribution is 2.19. The third-order valence-corrected chi connectivity index (χ3v) is 5.32. The molecule has 1 unspecified atom stereocenters. The first kappa shape index (κ1) is 7.98. The predicted molar refractivity (Wildman–Crippen MR) is 46.6 cm³/mol. The molecular weight excluding hydrogens is 158 g/mol. The Balaban J connectivity index is 2.42. The van der Waals surface area contributed by atoms with E-state index in [0.717, 1.165) is 16.8 Å². The Bertz CT molecular complexity index is 148. The lowest BCUT2D eigenvalue weighted by atomic mass is 10.2. The van der Waals surface area contributed by atoms with Crippen molar-refractivity contribution >= 4 is 19.8 Å². The molecule has 0 aromatic rings. The first-order valence-electron chi connectivity index (χ1n) is 3.78. The Morgan fingerprint density at radius 2 is 2.40 bits per heavy atom. The second kappa shape index (κ2) is 3.33. The first-order chi connectivity index (χ1) is 4.77. The summed E-state index contributed by atoms with van der Waals surface area (Å²) in [5, 5.41) is 8.54. The molecule has 0 spiro atoms. The van der Waals surface area contributed by atoms with Gasteiger partial charge in [-0.15, -0.1) is 0 Å². The number of hydrogen-bond donors (Lipinski definition) is 0. The number of rotatable bonds is 1. The van der Waals surface area contributed by atoms with Crippen LogP contribution in [0, 0.1) is 11.0 Å². The van der Waals surface area contributed by atoms with Crippen LogP contribution in [0.5, 0.6) is 0 Å². The van der Waals surface area contributed by atoms with Crippen LogP contribution in [0.2, 0.25) is 0 Å². The van der Waals surface area contributed by atoms with Gasteiger partial charge in [-0.1, -0.05) is 0 Å². The van der Waals surface area contributed by atoms with Crippen LogP contribution in [-0.2, 0) is 4.74 Å². The summed E-state index contributed by atoms with van der Waals surface area (Å²) in [5.74, 6) is 0.